The van der Waals surface area contributed by atoms with Gasteiger partial charge in [-0.25, -0.2) is 0 Å². The zero-order valence-electron chi connectivity index (χ0n) is 18.1. The second-order valence-electron chi connectivity index (χ2n) is 7.95. The van der Waals surface area contributed by atoms with E-state index in [0.717, 1.165) is 18.5 Å². The number of esters is 1. The molecule has 33 heavy (non-hydrogen) atoms. The number of Topliss-reactive ketones (excluding diaryl/α,β-unsaturated/α-hetero) is 1. The number of aromatic amines is 1. The van der Waals surface area contributed by atoms with Gasteiger partial charge in [-0.05, 0) is 42.3 Å². The van der Waals surface area contributed by atoms with Crippen molar-refractivity contribution in [2.75, 3.05) is 39.5 Å². The summed E-state index contributed by atoms with van der Waals surface area (Å²) in [6.07, 6.45) is 0.0578. The van der Waals surface area contributed by atoms with Crippen molar-refractivity contribution in [1.82, 2.24) is 9.88 Å². The lowest BCUT2D eigenvalue weighted by molar-refractivity contribution is -0.147. The highest BCUT2D eigenvalue weighted by Crippen LogP contribution is 2.22. The maximum atomic E-state index is 13.3. The van der Waals surface area contributed by atoms with Crippen LogP contribution in [0.4, 0.5) is 0 Å². The van der Waals surface area contributed by atoms with Gasteiger partial charge in [0.15, 0.2) is 5.78 Å². The van der Waals surface area contributed by atoms with Gasteiger partial charge in [0.05, 0.1) is 13.2 Å². The molecule has 1 N–H and O–H groups in total. The molecule has 0 spiro atoms. The van der Waals surface area contributed by atoms with E-state index in [1.165, 1.54) is 6.07 Å². The van der Waals surface area contributed by atoms with Gasteiger partial charge in [-0.15, -0.1) is 0 Å². The Morgan fingerprint density at radius 3 is 2.58 bits per heavy atom. The molecule has 1 unspecified atom stereocenters. The van der Waals surface area contributed by atoms with E-state index in [1.807, 2.05) is 18.2 Å². The van der Waals surface area contributed by atoms with Gasteiger partial charge in [0, 0.05) is 47.2 Å². The van der Waals surface area contributed by atoms with Crippen molar-refractivity contribution in [2.45, 2.75) is 6.42 Å². The summed E-state index contributed by atoms with van der Waals surface area (Å²) < 4.78 is 10.9. The summed E-state index contributed by atoms with van der Waals surface area (Å²) in [5.41, 5.74) is 1.34. The molecule has 172 valence electrons. The molecule has 2 aromatic carbocycles. The summed E-state index contributed by atoms with van der Waals surface area (Å²) in [6, 6.07) is 15.1. The lowest BCUT2D eigenvalue weighted by Gasteiger charge is -2.26. The normalized spacial score (nSPS) is 15.3. The van der Waals surface area contributed by atoms with E-state index in [0.29, 0.717) is 41.4 Å². The molecule has 3 aromatic rings. The number of nitrogens with one attached hydrogen (secondary N) is 1. The minimum atomic E-state index is -1.08. The molecule has 1 fully saturated rings. The average molecular weight is 469 g/mol. The SMILES string of the molecule is O=C(OCCN1CCOCC1)C(Cc1cc(=O)[nH]c2ccccc12)C(=O)c1ccc(Cl)cc1. The number of morpholine rings is 1. The first kappa shape index (κ1) is 23.2. The Kier molecular flexibility index (Phi) is 7.54. The minimum Gasteiger partial charge on any atom is -0.464 e. The number of hydrogen-bond donors (Lipinski definition) is 1. The monoisotopic (exact) mass is 468 g/mol. The van der Waals surface area contributed by atoms with Crippen molar-refractivity contribution in [1.29, 1.82) is 0 Å². The number of ether oxygens (including phenoxy) is 2. The minimum absolute atomic E-state index is 0.0578. The van der Waals surface area contributed by atoms with Crippen molar-refractivity contribution in [3.8, 4) is 0 Å². The molecule has 7 nitrogen and oxygen atoms in total. The number of carbonyl (C=O) groups excluding carboxylic acids is 2. The second-order valence-corrected chi connectivity index (χ2v) is 8.39. The summed E-state index contributed by atoms with van der Waals surface area (Å²) in [5.74, 6) is -2.05. The Hall–Kier alpha value is -3.00. The van der Waals surface area contributed by atoms with E-state index in [-0.39, 0.29) is 24.4 Å². The predicted octanol–water partition coefficient (Wildman–Crippen LogP) is 3.10. The number of hydrogen-bond acceptors (Lipinski definition) is 6. The van der Waals surface area contributed by atoms with Crippen LogP contribution >= 0.6 is 11.6 Å². The summed E-state index contributed by atoms with van der Waals surface area (Å²) in [7, 11) is 0. The maximum Gasteiger partial charge on any atom is 0.317 e. The highest BCUT2D eigenvalue weighted by Gasteiger charge is 2.30. The lowest BCUT2D eigenvalue weighted by atomic mass is 9.90. The van der Waals surface area contributed by atoms with Crippen molar-refractivity contribution in [3.05, 3.63) is 81.1 Å². The number of carbonyl (C=O) groups is 2. The van der Waals surface area contributed by atoms with Crippen LogP contribution in [0.15, 0.2) is 59.4 Å². The van der Waals surface area contributed by atoms with Crippen LogP contribution in [0.1, 0.15) is 15.9 Å². The number of benzene rings is 2. The average Bonchev–Trinajstić information content (AvgIpc) is 2.83. The fraction of sp³-hybridized carbons (Fsp3) is 0.320. The van der Waals surface area contributed by atoms with Gasteiger partial charge >= 0.3 is 5.97 Å². The van der Waals surface area contributed by atoms with E-state index in [2.05, 4.69) is 9.88 Å². The zero-order chi connectivity index (χ0) is 23.2. The summed E-state index contributed by atoms with van der Waals surface area (Å²) in [4.78, 5) is 43.6. The third-order valence-corrected chi connectivity index (χ3v) is 6.00. The van der Waals surface area contributed by atoms with Crippen molar-refractivity contribution < 1.29 is 19.1 Å². The van der Waals surface area contributed by atoms with Crippen LogP contribution in [0.2, 0.25) is 5.02 Å². The number of aromatic nitrogens is 1. The van der Waals surface area contributed by atoms with Crippen LogP contribution in [0.25, 0.3) is 10.9 Å². The number of nitrogens with zero attached hydrogens (tertiary/aromatic N) is 1. The predicted molar refractivity (Wildman–Crippen MR) is 126 cm³/mol. The van der Waals surface area contributed by atoms with E-state index in [9.17, 15) is 14.4 Å². The number of rotatable bonds is 8. The standard InChI is InChI=1S/C25H25ClN2O5/c26-19-7-5-17(6-8-19)24(30)21(25(31)33-14-11-28-9-12-32-13-10-28)15-18-16-23(29)27-22-4-2-1-3-20(18)22/h1-8,16,21H,9-15H2,(H,27,29). The first-order valence-corrected chi connectivity index (χ1v) is 11.3. The van der Waals surface area contributed by atoms with Gasteiger partial charge in [-0.1, -0.05) is 29.8 Å². The molecule has 1 aromatic heterocycles. The van der Waals surface area contributed by atoms with Crippen LogP contribution in [-0.2, 0) is 20.7 Å². The number of ketones is 1. The molecular formula is C25H25ClN2O5. The quantitative estimate of drug-likeness (QED) is 0.310. The summed E-state index contributed by atoms with van der Waals surface area (Å²) >= 11 is 5.96. The molecule has 1 atom stereocenters. The van der Waals surface area contributed by atoms with Crippen LogP contribution in [0.3, 0.4) is 0 Å². The highest BCUT2D eigenvalue weighted by atomic mass is 35.5. The largest absolute Gasteiger partial charge is 0.464 e. The van der Waals surface area contributed by atoms with Crippen molar-refractivity contribution >= 4 is 34.3 Å². The van der Waals surface area contributed by atoms with Gasteiger partial charge in [0.1, 0.15) is 12.5 Å². The Morgan fingerprint density at radius 1 is 1.09 bits per heavy atom. The third-order valence-electron chi connectivity index (χ3n) is 5.75. The number of fused-ring (bicyclic) bond motifs is 1. The van der Waals surface area contributed by atoms with Gasteiger partial charge in [-0.3, -0.25) is 19.3 Å². The summed E-state index contributed by atoms with van der Waals surface area (Å²) in [6.45, 7) is 3.62. The van der Waals surface area contributed by atoms with Crippen LogP contribution in [0.5, 0.6) is 0 Å². The van der Waals surface area contributed by atoms with Gasteiger partial charge in [0.2, 0.25) is 5.56 Å². The molecule has 4 rings (SSSR count). The van der Waals surface area contributed by atoms with E-state index in [4.69, 9.17) is 21.1 Å². The fourth-order valence-corrected chi connectivity index (χ4v) is 4.09. The first-order chi connectivity index (χ1) is 16.0. The van der Waals surface area contributed by atoms with Gasteiger partial charge < -0.3 is 14.5 Å². The molecule has 0 aliphatic carbocycles. The second kappa shape index (κ2) is 10.7. The number of H-pyrrole nitrogens is 1. The molecule has 0 saturated carbocycles. The van der Waals surface area contributed by atoms with Crippen molar-refractivity contribution in [3.63, 3.8) is 0 Å². The van der Waals surface area contributed by atoms with E-state index in [1.54, 1.807) is 30.3 Å². The Balaban J connectivity index is 1.57. The third kappa shape index (κ3) is 5.87. The van der Waals surface area contributed by atoms with E-state index < -0.39 is 11.9 Å². The van der Waals surface area contributed by atoms with Gasteiger partial charge in [-0.2, -0.15) is 0 Å². The maximum absolute atomic E-state index is 13.3. The number of para-hydroxylation sites is 1. The molecule has 1 saturated heterocycles. The van der Waals surface area contributed by atoms with Crippen LogP contribution in [-0.4, -0.2) is 61.1 Å². The van der Waals surface area contributed by atoms with Crippen LogP contribution in [0, 0.1) is 5.92 Å². The molecule has 8 heteroatoms. The molecule has 1 aliphatic heterocycles. The number of pyridine rings is 1. The van der Waals surface area contributed by atoms with Gasteiger partial charge in [0.25, 0.3) is 0 Å². The Morgan fingerprint density at radius 2 is 1.82 bits per heavy atom. The molecule has 0 radical (unpaired) electrons. The number of halogens is 1. The van der Waals surface area contributed by atoms with Crippen molar-refractivity contribution in [2.24, 2.45) is 5.92 Å². The highest BCUT2D eigenvalue weighted by molar-refractivity contribution is 6.30. The fourth-order valence-electron chi connectivity index (χ4n) is 3.96. The molecule has 0 amide bonds. The molecule has 0 bridgehead atoms. The topological polar surface area (TPSA) is 88.7 Å². The Labute approximate surface area is 196 Å². The summed E-state index contributed by atoms with van der Waals surface area (Å²) in [5, 5.41) is 1.28. The first-order valence-electron chi connectivity index (χ1n) is 10.9. The van der Waals surface area contributed by atoms with Crippen LogP contribution < -0.4 is 5.56 Å². The molecule has 2 heterocycles. The molecular weight excluding hydrogens is 444 g/mol. The van der Waals surface area contributed by atoms with E-state index >= 15 is 0 Å². The Bertz CT molecular complexity index is 1190. The lowest BCUT2D eigenvalue weighted by Crippen LogP contribution is -2.39. The molecule has 1 aliphatic rings. The smallest absolute Gasteiger partial charge is 0.317 e. The zero-order valence-corrected chi connectivity index (χ0v) is 18.8.